The van der Waals surface area contributed by atoms with E-state index in [9.17, 15) is 0 Å². The van der Waals surface area contributed by atoms with Gasteiger partial charge < -0.3 is 0 Å². The Morgan fingerprint density at radius 3 is 2.08 bits per heavy atom. The molecule has 1 aromatic carbocycles. The maximum absolute atomic E-state index is 2.18. The molecule has 0 fully saturated rings. The number of hydrogen-bond acceptors (Lipinski definition) is 0. The standard InChI is InChI=1S/C11H11.Sc/c1-8-6-7-9(2)11-5-3-4-10(8)11;/h3-7H,1-2H3;. The van der Waals surface area contributed by atoms with E-state index < -0.39 is 0 Å². The molecule has 58 valence electrons. The summed E-state index contributed by atoms with van der Waals surface area (Å²) in [6, 6.07) is 4.36. The molecule has 0 bridgehead atoms. The third kappa shape index (κ3) is 1.47. The van der Waals surface area contributed by atoms with Crippen LogP contribution in [0.15, 0.2) is 18.2 Å². The maximum atomic E-state index is 2.18. The van der Waals surface area contributed by atoms with Gasteiger partial charge in [-0.25, -0.2) is 0 Å². The van der Waals surface area contributed by atoms with Crippen molar-refractivity contribution < 1.29 is 25.8 Å². The van der Waals surface area contributed by atoms with Gasteiger partial charge in [-0.05, 0) is 36.1 Å². The third-order valence-corrected chi connectivity index (χ3v) is 2.25. The molecule has 0 saturated heterocycles. The van der Waals surface area contributed by atoms with Gasteiger partial charge in [0.2, 0.25) is 0 Å². The minimum Gasteiger partial charge on any atom is -0.0754 e. The fourth-order valence-corrected chi connectivity index (χ4v) is 1.54. The van der Waals surface area contributed by atoms with Gasteiger partial charge in [0.15, 0.2) is 0 Å². The van der Waals surface area contributed by atoms with Crippen LogP contribution in [-0.4, -0.2) is 0 Å². The van der Waals surface area contributed by atoms with Gasteiger partial charge in [0, 0.05) is 32.3 Å². The van der Waals surface area contributed by atoms with E-state index in [4.69, 9.17) is 0 Å². The third-order valence-electron chi connectivity index (χ3n) is 2.25. The number of fused-ring (bicyclic) bond motifs is 1. The minimum absolute atomic E-state index is 0. The number of rotatable bonds is 0. The van der Waals surface area contributed by atoms with Gasteiger partial charge in [-0.3, -0.25) is 0 Å². The van der Waals surface area contributed by atoms with Crippen molar-refractivity contribution in [1.82, 2.24) is 0 Å². The fourth-order valence-electron chi connectivity index (χ4n) is 1.54. The summed E-state index contributed by atoms with van der Waals surface area (Å²) in [5.74, 6) is 0. The molecule has 1 aromatic rings. The van der Waals surface area contributed by atoms with E-state index in [0.29, 0.717) is 0 Å². The Hall–Kier alpha value is -0.170. The summed E-state index contributed by atoms with van der Waals surface area (Å²) in [7, 11) is 0. The van der Waals surface area contributed by atoms with E-state index in [1.54, 1.807) is 0 Å². The van der Waals surface area contributed by atoms with Crippen molar-refractivity contribution in [2.75, 3.05) is 0 Å². The van der Waals surface area contributed by atoms with Crippen LogP contribution in [0, 0.1) is 20.3 Å². The zero-order valence-corrected chi connectivity index (χ0v) is 9.27. The van der Waals surface area contributed by atoms with E-state index in [1.807, 2.05) is 0 Å². The summed E-state index contributed by atoms with van der Waals surface area (Å²) >= 11 is 0. The summed E-state index contributed by atoms with van der Waals surface area (Å²) in [6.45, 7) is 4.31. The molecule has 0 N–H and O–H groups in total. The van der Waals surface area contributed by atoms with Gasteiger partial charge in [0.05, 0.1) is 0 Å². The van der Waals surface area contributed by atoms with Gasteiger partial charge in [-0.2, -0.15) is 0 Å². The summed E-state index contributed by atoms with van der Waals surface area (Å²) in [5, 5.41) is 0. The zero-order valence-electron chi connectivity index (χ0n) is 7.46. The summed E-state index contributed by atoms with van der Waals surface area (Å²) in [4.78, 5) is 0. The van der Waals surface area contributed by atoms with E-state index in [2.05, 4.69) is 44.6 Å². The average Bonchev–Trinajstić information content (AvgIpc) is 2.45. The molecule has 0 saturated carbocycles. The Kier molecular flexibility index (Phi) is 3.05. The van der Waals surface area contributed by atoms with E-state index in [1.165, 1.54) is 22.3 Å². The van der Waals surface area contributed by atoms with Crippen molar-refractivity contribution in [2.24, 2.45) is 0 Å². The topological polar surface area (TPSA) is 0 Å². The average molecular weight is 188 g/mol. The van der Waals surface area contributed by atoms with E-state index >= 15 is 0 Å². The van der Waals surface area contributed by atoms with Crippen molar-refractivity contribution in [1.29, 1.82) is 0 Å². The molecule has 0 nitrogen and oxygen atoms in total. The van der Waals surface area contributed by atoms with Crippen LogP contribution in [-0.2, 0) is 25.8 Å². The molecular formula is C11H11Sc. The first-order chi connectivity index (χ1) is 5.29. The molecule has 1 heteroatoms. The second kappa shape index (κ2) is 3.69. The summed E-state index contributed by atoms with van der Waals surface area (Å²) < 4.78 is 0. The number of hydrogen-bond donors (Lipinski definition) is 0. The molecule has 12 heavy (non-hydrogen) atoms. The molecule has 0 atom stereocenters. The van der Waals surface area contributed by atoms with Crippen molar-refractivity contribution in [2.45, 2.75) is 13.8 Å². The van der Waals surface area contributed by atoms with E-state index in [-0.39, 0.29) is 25.8 Å². The molecule has 2 rings (SSSR count). The predicted octanol–water partition coefficient (Wildman–Crippen LogP) is 2.88. The van der Waals surface area contributed by atoms with Crippen LogP contribution in [0.1, 0.15) is 22.3 Å². The van der Waals surface area contributed by atoms with Crippen molar-refractivity contribution in [3.63, 3.8) is 0 Å². The van der Waals surface area contributed by atoms with Gasteiger partial charge in [0.25, 0.3) is 0 Å². The Labute approximate surface area is 92.5 Å². The zero-order chi connectivity index (χ0) is 7.84. The van der Waals surface area contributed by atoms with Crippen LogP contribution in [0.3, 0.4) is 0 Å². The monoisotopic (exact) mass is 188 g/mol. The van der Waals surface area contributed by atoms with Crippen molar-refractivity contribution >= 4 is 6.08 Å². The Morgan fingerprint density at radius 1 is 0.917 bits per heavy atom. The molecule has 0 heterocycles. The van der Waals surface area contributed by atoms with Gasteiger partial charge >= 0.3 is 0 Å². The van der Waals surface area contributed by atoms with Crippen LogP contribution in [0.4, 0.5) is 0 Å². The summed E-state index contributed by atoms with van der Waals surface area (Å²) in [6.07, 6.45) is 6.47. The van der Waals surface area contributed by atoms with Crippen LogP contribution in [0.25, 0.3) is 6.08 Å². The first-order valence-corrected chi connectivity index (χ1v) is 3.90. The Bertz CT molecular complexity index is 324. The number of aryl methyl sites for hydroxylation is 2. The van der Waals surface area contributed by atoms with Crippen LogP contribution >= 0.6 is 0 Å². The molecule has 1 aliphatic carbocycles. The normalized spacial score (nSPS) is 12.5. The summed E-state index contributed by atoms with van der Waals surface area (Å²) in [5.41, 5.74) is 5.53. The SMILES string of the molecule is Cc1ccc(C)c2c1[CH]C=C2.[Sc]. The maximum Gasteiger partial charge on any atom is 0.0134 e. The second-order valence-electron chi connectivity index (χ2n) is 3.05. The van der Waals surface area contributed by atoms with Crippen LogP contribution in [0.2, 0.25) is 0 Å². The molecule has 1 aliphatic rings. The quantitative estimate of drug-likeness (QED) is 0.587. The first kappa shape index (κ1) is 9.91. The van der Waals surface area contributed by atoms with Crippen LogP contribution < -0.4 is 0 Å². The van der Waals surface area contributed by atoms with Crippen molar-refractivity contribution in [3.05, 3.63) is 46.9 Å². The van der Waals surface area contributed by atoms with Gasteiger partial charge in [0.1, 0.15) is 0 Å². The van der Waals surface area contributed by atoms with Gasteiger partial charge in [-0.1, -0.05) is 24.3 Å². The molecular weight excluding hydrogens is 177 g/mol. The molecule has 0 spiro atoms. The molecule has 0 amide bonds. The first-order valence-electron chi connectivity index (χ1n) is 3.90. The van der Waals surface area contributed by atoms with Gasteiger partial charge in [-0.15, -0.1) is 0 Å². The molecule has 0 aliphatic heterocycles. The number of allylic oxidation sites excluding steroid dienone is 1. The largest absolute Gasteiger partial charge is 0.0754 e. The molecule has 0 aromatic heterocycles. The van der Waals surface area contributed by atoms with Crippen LogP contribution in [0.5, 0.6) is 0 Å². The predicted molar refractivity (Wildman–Crippen MR) is 48.4 cm³/mol. The molecule has 0 unspecified atom stereocenters. The van der Waals surface area contributed by atoms with E-state index in [0.717, 1.165) is 0 Å². The fraction of sp³-hybridized carbons (Fsp3) is 0.182. The molecule has 2 radical (unpaired) electrons. The smallest absolute Gasteiger partial charge is 0.0134 e. The minimum atomic E-state index is 0. The van der Waals surface area contributed by atoms with Crippen molar-refractivity contribution in [3.8, 4) is 0 Å². The Morgan fingerprint density at radius 2 is 1.50 bits per heavy atom. The number of benzene rings is 1. The Balaban J connectivity index is 0.000000720. The second-order valence-corrected chi connectivity index (χ2v) is 3.05.